The minimum atomic E-state index is -0.381. The molecule has 0 aliphatic carbocycles. The molecule has 2 heterocycles. The molecule has 0 saturated carbocycles. The fourth-order valence-electron chi connectivity index (χ4n) is 4.00. The van der Waals surface area contributed by atoms with Crippen molar-refractivity contribution in [1.29, 1.82) is 0 Å². The number of rotatable bonds is 5. The van der Waals surface area contributed by atoms with E-state index in [4.69, 9.17) is 37.3 Å². The fourth-order valence-corrected chi connectivity index (χ4v) is 4.49. The van der Waals surface area contributed by atoms with E-state index in [1.807, 2.05) is 30.3 Å². The Hall–Kier alpha value is -2.74. The molecule has 1 aromatic heterocycles. The van der Waals surface area contributed by atoms with Gasteiger partial charge < -0.3 is 14.1 Å². The summed E-state index contributed by atoms with van der Waals surface area (Å²) in [6.45, 7) is 4.54. The van der Waals surface area contributed by atoms with Crippen molar-refractivity contribution in [2.75, 3.05) is 20.2 Å². The topological polar surface area (TPSA) is 79.0 Å². The summed E-state index contributed by atoms with van der Waals surface area (Å²) in [6, 6.07) is 12.2. The van der Waals surface area contributed by atoms with Crippen molar-refractivity contribution in [3.05, 3.63) is 58.4 Å². The van der Waals surface area contributed by atoms with Gasteiger partial charge in [0.25, 0.3) is 0 Å². The number of halogens is 2. The van der Waals surface area contributed by atoms with Crippen LogP contribution in [-0.2, 0) is 0 Å². The molecule has 1 N–H and O–H groups in total. The third kappa shape index (κ3) is 5.02. The highest BCUT2D eigenvalue weighted by Crippen LogP contribution is 2.41. The largest absolute Gasteiger partial charge is 0.497 e. The van der Waals surface area contributed by atoms with E-state index in [1.54, 1.807) is 38.0 Å². The number of hydrogen-bond acceptors (Lipinski definition) is 5. The van der Waals surface area contributed by atoms with Gasteiger partial charge in [0, 0.05) is 35.2 Å². The molecule has 34 heavy (non-hydrogen) atoms. The summed E-state index contributed by atoms with van der Waals surface area (Å²) in [7, 11) is 1.62. The molecule has 0 atom stereocenters. The summed E-state index contributed by atoms with van der Waals surface area (Å²) in [5.41, 5.74) is 2.26. The number of oxazole rings is 1. The van der Waals surface area contributed by atoms with Crippen LogP contribution in [0.5, 0.6) is 5.75 Å². The lowest BCUT2D eigenvalue weighted by atomic mass is 9.97. The third-order valence-electron chi connectivity index (χ3n) is 5.98. The molecule has 4 rings (SSSR count). The molecule has 1 aliphatic rings. The van der Waals surface area contributed by atoms with Crippen LogP contribution < -0.4 is 4.74 Å². The van der Waals surface area contributed by atoms with Gasteiger partial charge in [-0.15, -0.1) is 0 Å². The Labute approximate surface area is 208 Å². The number of aromatic nitrogens is 1. The van der Waals surface area contributed by atoms with Gasteiger partial charge in [-0.25, -0.2) is 14.8 Å². The van der Waals surface area contributed by atoms with Crippen molar-refractivity contribution in [2.45, 2.75) is 38.6 Å². The molecule has 1 saturated heterocycles. The Bertz CT molecular complexity index is 1160. The van der Waals surface area contributed by atoms with E-state index in [9.17, 15) is 10.0 Å². The van der Waals surface area contributed by atoms with E-state index >= 15 is 0 Å². The van der Waals surface area contributed by atoms with E-state index in [-0.39, 0.29) is 18.0 Å². The van der Waals surface area contributed by atoms with Crippen molar-refractivity contribution in [1.82, 2.24) is 14.9 Å². The average Bonchev–Trinajstić information content (AvgIpc) is 3.28. The second-order valence-electron chi connectivity index (χ2n) is 8.56. The summed E-state index contributed by atoms with van der Waals surface area (Å²) in [5.74, 6) is 1.95. The highest BCUT2D eigenvalue weighted by molar-refractivity contribution is 6.36. The number of hydrogen-bond donors (Lipinski definition) is 1. The van der Waals surface area contributed by atoms with Crippen molar-refractivity contribution < 1.29 is 19.2 Å². The van der Waals surface area contributed by atoms with Crippen molar-refractivity contribution in [3.8, 4) is 28.3 Å². The number of carbonyl (C=O) groups excluding carboxylic acids is 1. The zero-order valence-electron chi connectivity index (χ0n) is 19.3. The van der Waals surface area contributed by atoms with E-state index in [0.717, 1.165) is 16.4 Å². The van der Waals surface area contributed by atoms with Crippen LogP contribution in [-0.4, -0.2) is 52.4 Å². The number of carbonyl (C=O) groups is 1. The first-order chi connectivity index (χ1) is 16.3. The molecule has 1 aliphatic heterocycles. The minimum absolute atomic E-state index is 0.0343. The third-order valence-corrected chi connectivity index (χ3v) is 6.53. The van der Waals surface area contributed by atoms with Crippen LogP contribution in [0, 0.1) is 0 Å². The molecule has 2 amide bonds. The predicted octanol–water partition coefficient (Wildman–Crippen LogP) is 6.72. The van der Waals surface area contributed by atoms with Crippen LogP contribution in [0.1, 0.15) is 38.5 Å². The molecule has 0 bridgehead atoms. The molecule has 0 radical (unpaired) electrons. The number of nitrogens with zero attached hydrogens (tertiary/aromatic N) is 3. The number of amides is 2. The van der Waals surface area contributed by atoms with E-state index in [2.05, 4.69) is 0 Å². The molecule has 9 heteroatoms. The van der Waals surface area contributed by atoms with Crippen molar-refractivity contribution in [3.63, 3.8) is 0 Å². The highest BCUT2D eigenvalue weighted by Gasteiger charge is 2.31. The van der Waals surface area contributed by atoms with E-state index in [0.29, 0.717) is 58.9 Å². The fraction of sp³-hybridized carbons (Fsp3) is 0.360. The van der Waals surface area contributed by atoms with Crippen molar-refractivity contribution >= 4 is 29.2 Å². The van der Waals surface area contributed by atoms with Crippen molar-refractivity contribution in [2.24, 2.45) is 0 Å². The van der Waals surface area contributed by atoms with Crippen LogP contribution >= 0.6 is 23.2 Å². The Kier molecular flexibility index (Phi) is 7.36. The summed E-state index contributed by atoms with van der Waals surface area (Å²) in [5, 5.41) is 11.8. The maximum absolute atomic E-state index is 12.5. The van der Waals surface area contributed by atoms with Gasteiger partial charge in [-0.05, 0) is 69.2 Å². The molecule has 3 aromatic rings. The Morgan fingerprint density at radius 2 is 1.85 bits per heavy atom. The number of hydroxylamine groups is 2. The van der Waals surface area contributed by atoms with Crippen LogP contribution in [0.3, 0.4) is 0 Å². The summed E-state index contributed by atoms with van der Waals surface area (Å²) >= 11 is 12.6. The van der Waals surface area contributed by atoms with E-state index in [1.165, 1.54) is 0 Å². The number of methoxy groups -OCH3 is 1. The summed E-state index contributed by atoms with van der Waals surface area (Å²) in [6.07, 6.45) is 1.35. The molecule has 180 valence electrons. The number of likely N-dealkylation sites (tertiary alicyclic amines) is 1. The average molecular weight is 504 g/mol. The molecular formula is C25H27Cl2N3O4. The van der Waals surface area contributed by atoms with Crippen LogP contribution in [0.4, 0.5) is 4.79 Å². The Morgan fingerprint density at radius 3 is 2.44 bits per heavy atom. The Morgan fingerprint density at radius 1 is 1.18 bits per heavy atom. The molecule has 1 fully saturated rings. The zero-order chi connectivity index (χ0) is 24.4. The van der Waals surface area contributed by atoms with Gasteiger partial charge in [-0.1, -0.05) is 23.2 Å². The van der Waals surface area contributed by atoms with Gasteiger partial charge in [0.1, 0.15) is 11.4 Å². The lowest BCUT2D eigenvalue weighted by Crippen LogP contribution is -2.47. The Balaban J connectivity index is 1.64. The number of ether oxygens (including phenoxy) is 1. The molecule has 0 unspecified atom stereocenters. The van der Waals surface area contributed by atoms with Crippen LogP contribution in [0.25, 0.3) is 22.6 Å². The number of piperidine rings is 1. The SMILES string of the molecule is COc1ccc(-c2nc(C3CCN(C(=O)N(O)C(C)C)CC3)oc2-c2ccc(Cl)cc2Cl)cc1. The first-order valence-electron chi connectivity index (χ1n) is 11.2. The lowest BCUT2D eigenvalue weighted by Gasteiger charge is -2.33. The molecular weight excluding hydrogens is 477 g/mol. The van der Waals surface area contributed by atoms with Gasteiger partial charge in [0.15, 0.2) is 11.7 Å². The highest BCUT2D eigenvalue weighted by atomic mass is 35.5. The van der Waals surface area contributed by atoms with Gasteiger partial charge in [0.05, 0.1) is 18.2 Å². The first kappa shape index (κ1) is 24.4. The minimum Gasteiger partial charge on any atom is -0.497 e. The quantitative estimate of drug-likeness (QED) is 0.308. The van der Waals surface area contributed by atoms with Gasteiger partial charge in [-0.3, -0.25) is 5.21 Å². The van der Waals surface area contributed by atoms with Gasteiger partial charge in [-0.2, -0.15) is 0 Å². The van der Waals surface area contributed by atoms with Gasteiger partial charge >= 0.3 is 6.03 Å². The maximum atomic E-state index is 12.5. The lowest BCUT2D eigenvalue weighted by molar-refractivity contribution is -0.0815. The second-order valence-corrected chi connectivity index (χ2v) is 9.41. The van der Waals surface area contributed by atoms with Crippen LogP contribution in [0.15, 0.2) is 46.9 Å². The normalized spacial score (nSPS) is 14.5. The molecule has 2 aromatic carbocycles. The maximum Gasteiger partial charge on any atom is 0.343 e. The summed E-state index contributed by atoms with van der Waals surface area (Å²) in [4.78, 5) is 19.0. The smallest absolute Gasteiger partial charge is 0.343 e. The molecule has 0 spiro atoms. The van der Waals surface area contributed by atoms with Crippen LogP contribution in [0.2, 0.25) is 10.0 Å². The monoisotopic (exact) mass is 503 g/mol. The number of urea groups is 1. The second kappa shape index (κ2) is 10.3. The number of benzene rings is 2. The zero-order valence-corrected chi connectivity index (χ0v) is 20.8. The summed E-state index contributed by atoms with van der Waals surface area (Å²) < 4.78 is 11.6. The first-order valence-corrected chi connectivity index (χ1v) is 11.9. The standard InChI is InChI=1S/C25H27Cl2N3O4/c1-15(2)30(32)25(31)29-12-10-17(11-13-29)24-28-22(16-4-7-19(33-3)8-5-16)23(34-24)20-9-6-18(26)14-21(20)27/h4-9,14-15,17,32H,10-13H2,1-3H3. The van der Waals surface area contributed by atoms with E-state index < -0.39 is 0 Å². The molecule has 7 nitrogen and oxygen atoms in total. The van der Waals surface area contributed by atoms with Gasteiger partial charge in [0.2, 0.25) is 0 Å². The predicted molar refractivity (Wildman–Crippen MR) is 132 cm³/mol.